The van der Waals surface area contributed by atoms with Crippen LogP contribution in [0.1, 0.15) is 10.4 Å². The van der Waals surface area contributed by atoms with Gasteiger partial charge in [0.2, 0.25) is 0 Å². The van der Waals surface area contributed by atoms with Crippen LogP contribution in [-0.2, 0) is 0 Å². The third-order valence-corrected chi connectivity index (χ3v) is 3.32. The number of benzene rings is 2. The monoisotopic (exact) mass is 375 g/mol. The van der Waals surface area contributed by atoms with E-state index in [1.807, 2.05) is 12.1 Å². The number of hydrogen-bond donors (Lipinski definition) is 1. The number of hydrogen-bond acceptors (Lipinski definition) is 1. The molecule has 0 spiro atoms. The topological polar surface area (TPSA) is 29.1 Å². The summed E-state index contributed by atoms with van der Waals surface area (Å²) >= 11 is 7.78. The van der Waals surface area contributed by atoms with Gasteiger partial charge in [0.05, 0.1) is 10.7 Å². The van der Waals surface area contributed by atoms with Crippen molar-refractivity contribution in [3.8, 4) is 0 Å². The lowest BCUT2D eigenvalue weighted by Crippen LogP contribution is -2.13. The third kappa shape index (κ3) is 3.00. The van der Waals surface area contributed by atoms with Gasteiger partial charge in [-0.2, -0.15) is 0 Å². The molecule has 2 aromatic carbocycles. The summed E-state index contributed by atoms with van der Waals surface area (Å²) in [5.41, 5.74) is 0.542. The Morgan fingerprint density at radius 1 is 1.17 bits per heavy atom. The molecule has 0 aliphatic heterocycles. The van der Waals surface area contributed by atoms with Gasteiger partial charge in [-0.1, -0.05) is 17.7 Å². The van der Waals surface area contributed by atoms with Gasteiger partial charge in [-0.15, -0.1) is 0 Å². The van der Waals surface area contributed by atoms with Crippen molar-refractivity contribution in [3.05, 3.63) is 62.4 Å². The van der Waals surface area contributed by atoms with Crippen molar-refractivity contribution in [1.29, 1.82) is 0 Å². The minimum Gasteiger partial charge on any atom is -0.319 e. The summed E-state index contributed by atoms with van der Waals surface area (Å²) in [4.78, 5) is 11.9. The number of halogens is 3. The zero-order valence-electron chi connectivity index (χ0n) is 9.08. The Balaban J connectivity index is 2.21. The molecule has 5 heteroatoms. The molecule has 0 bridgehead atoms. The Labute approximate surface area is 122 Å². The number of anilines is 1. The van der Waals surface area contributed by atoms with Crippen LogP contribution in [0.25, 0.3) is 0 Å². The molecular formula is C13H8ClFINO. The summed E-state index contributed by atoms with van der Waals surface area (Å²) < 4.78 is 14.6. The van der Waals surface area contributed by atoms with Gasteiger partial charge in [-0.3, -0.25) is 4.79 Å². The maximum Gasteiger partial charge on any atom is 0.255 e. The molecule has 2 nitrogen and oxygen atoms in total. The molecular weight excluding hydrogens is 368 g/mol. The van der Waals surface area contributed by atoms with Crippen LogP contribution in [-0.4, -0.2) is 5.91 Å². The zero-order valence-corrected chi connectivity index (χ0v) is 12.0. The minimum absolute atomic E-state index is 0.0181. The van der Waals surface area contributed by atoms with Gasteiger partial charge in [0.25, 0.3) is 5.91 Å². The van der Waals surface area contributed by atoms with Crippen LogP contribution >= 0.6 is 34.2 Å². The average Bonchev–Trinajstić information content (AvgIpc) is 2.36. The summed E-state index contributed by atoms with van der Waals surface area (Å²) in [7, 11) is 0. The van der Waals surface area contributed by atoms with Gasteiger partial charge in [-0.05, 0) is 59.0 Å². The normalized spacial score (nSPS) is 10.2. The van der Waals surface area contributed by atoms with E-state index in [0.29, 0.717) is 5.56 Å². The summed E-state index contributed by atoms with van der Waals surface area (Å²) in [5, 5.41) is 2.47. The minimum atomic E-state index is -0.627. The molecule has 0 aromatic heterocycles. The first kappa shape index (κ1) is 13.3. The molecule has 1 amide bonds. The average molecular weight is 376 g/mol. The van der Waals surface area contributed by atoms with E-state index in [2.05, 4.69) is 27.9 Å². The van der Waals surface area contributed by atoms with Crippen molar-refractivity contribution < 1.29 is 9.18 Å². The molecule has 0 saturated heterocycles. The molecule has 92 valence electrons. The van der Waals surface area contributed by atoms with Crippen LogP contribution in [0.15, 0.2) is 42.5 Å². The molecule has 18 heavy (non-hydrogen) atoms. The van der Waals surface area contributed by atoms with E-state index in [1.54, 1.807) is 18.2 Å². The Hall–Kier alpha value is -1.14. The summed E-state index contributed by atoms with van der Waals surface area (Å²) in [6, 6.07) is 11.4. The van der Waals surface area contributed by atoms with E-state index in [9.17, 15) is 9.18 Å². The smallest absolute Gasteiger partial charge is 0.255 e. The lowest BCUT2D eigenvalue weighted by molar-refractivity contribution is 0.102. The second kappa shape index (κ2) is 5.67. The molecule has 0 aliphatic rings. The first-order valence-corrected chi connectivity index (χ1v) is 6.54. The van der Waals surface area contributed by atoms with Crippen LogP contribution in [0.5, 0.6) is 0 Å². The fourth-order valence-corrected chi connectivity index (χ4v) is 1.93. The van der Waals surface area contributed by atoms with Crippen LogP contribution < -0.4 is 5.32 Å². The number of rotatable bonds is 2. The van der Waals surface area contributed by atoms with Crippen LogP contribution in [0.2, 0.25) is 5.02 Å². The zero-order chi connectivity index (χ0) is 13.1. The van der Waals surface area contributed by atoms with Crippen molar-refractivity contribution in [2.45, 2.75) is 0 Å². The van der Waals surface area contributed by atoms with Crippen molar-refractivity contribution in [2.24, 2.45) is 0 Å². The highest BCUT2D eigenvalue weighted by molar-refractivity contribution is 14.1. The predicted molar refractivity (Wildman–Crippen MR) is 78.5 cm³/mol. The summed E-state index contributed by atoms with van der Waals surface area (Å²) in [6.07, 6.45) is 0. The van der Waals surface area contributed by atoms with E-state index in [0.717, 1.165) is 3.57 Å². The maximum atomic E-state index is 13.6. The molecule has 0 heterocycles. The quantitative estimate of drug-likeness (QED) is 0.778. The molecule has 0 fully saturated rings. The molecule has 0 saturated carbocycles. The van der Waals surface area contributed by atoms with Crippen molar-refractivity contribution >= 4 is 45.8 Å². The Bertz CT molecular complexity index is 586. The fourth-order valence-electron chi connectivity index (χ4n) is 1.40. The van der Waals surface area contributed by atoms with Crippen molar-refractivity contribution in [3.63, 3.8) is 0 Å². The Morgan fingerprint density at radius 3 is 2.50 bits per heavy atom. The van der Waals surface area contributed by atoms with Gasteiger partial charge in [0.15, 0.2) is 5.82 Å². The van der Waals surface area contributed by atoms with Gasteiger partial charge in [0.1, 0.15) is 0 Å². The number of carbonyl (C=O) groups is 1. The van der Waals surface area contributed by atoms with Crippen molar-refractivity contribution in [2.75, 3.05) is 5.32 Å². The SMILES string of the molecule is O=C(Nc1cccc(Cl)c1F)c1ccc(I)cc1. The van der Waals surface area contributed by atoms with E-state index in [1.165, 1.54) is 12.1 Å². The maximum absolute atomic E-state index is 13.6. The summed E-state index contributed by atoms with van der Waals surface area (Å²) in [5.74, 6) is -0.995. The highest BCUT2D eigenvalue weighted by Crippen LogP contribution is 2.22. The van der Waals surface area contributed by atoms with Gasteiger partial charge in [-0.25, -0.2) is 4.39 Å². The number of carbonyl (C=O) groups excluding carboxylic acids is 1. The standard InChI is InChI=1S/C13H8ClFINO/c14-10-2-1-3-11(12(10)15)17-13(18)8-4-6-9(16)7-5-8/h1-7H,(H,17,18). The van der Waals surface area contributed by atoms with Gasteiger partial charge < -0.3 is 5.32 Å². The summed E-state index contributed by atoms with van der Waals surface area (Å²) in [6.45, 7) is 0. The van der Waals surface area contributed by atoms with Gasteiger partial charge >= 0.3 is 0 Å². The number of nitrogens with one attached hydrogen (secondary N) is 1. The van der Waals surface area contributed by atoms with Crippen LogP contribution in [0.4, 0.5) is 10.1 Å². The van der Waals surface area contributed by atoms with E-state index >= 15 is 0 Å². The largest absolute Gasteiger partial charge is 0.319 e. The highest BCUT2D eigenvalue weighted by atomic mass is 127. The Morgan fingerprint density at radius 2 is 1.83 bits per heavy atom. The predicted octanol–water partition coefficient (Wildman–Crippen LogP) is 4.34. The molecule has 0 atom stereocenters. The van der Waals surface area contributed by atoms with E-state index in [4.69, 9.17) is 11.6 Å². The molecule has 2 aromatic rings. The van der Waals surface area contributed by atoms with Crippen LogP contribution in [0, 0.1) is 9.39 Å². The lowest BCUT2D eigenvalue weighted by Gasteiger charge is -2.07. The highest BCUT2D eigenvalue weighted by Gasteiger charge is 2.10. The third-order valence-electron chi connectivity index (χ3n) is 2.31. The number of amides is 1. The molecule has 0 radical (unpaired) electrons. The second-order valence-corrected chi connectivity index (χ2v) is 5.22. The second-order valence-electron chi connectivity index (χ2n) is 3.56. The van der Waals surface area contributed by atoms with E-state index in [-0.39, 0.29) is 16.6 Å². The van der Waals surface area contributed by atoms with Crippen molar-refractivity contribution in [1.82, 2.24) is 0 Å². The van der Waals surface area contributed by atoms with Crippen LogP contribution in [0.3, 0.4) is 0 Å². The molecule has 1 N–H and O–H groups in total. The van der Waals surface area contributed by atoms with E-state index < -0.39 is 5.82 Å². The molecule has 0 unspecified atom stereocenters. The molecule has 2 rings (SSSR count). The Kier molecular flexibility index (Phi) is 4.19. The van der Waals surface area contributed by atoms with Gasteiger partial charge in [0, 0.05) is 9.13 Å². The first-order chi connectivity index (χ1) is 8.58. The molecule has 0 aliphatic carbocycles. The fraction of sp³-hybridized carbons (Fsp3) is 0. The lowest BCUT2D eigenvalue weighted by atomic mass is 10.2. The first-order valence-electron chi connectivity index (χ1n) is 5.09.